The quantitative estimate of drug-likeness (QED) is 0.751. The average molecular weight is 375 g/mol. The predicted molar refractivity (Wildman–Crippen MR) is 92.2 cm³/mol. The van der Waals surface area contributed by atoms with Crippen LogP contribution in [-0.4, -0.2) is 23.0 Å². The fourth-order valence-corrected chi connectivity index (χ4v) is 3.14. The number of carbonyl (C=O) groups excluding carboxylic acids is 1. The fraction of sp³-hybridized carbons (Fsp3) is 0.389. The number of rotatable bonds is 4. The minimum absolute atomic E-state index is 0.300. The SMILES string of the molecule is COC(=O)C(C)(C)c1nc(C2CC2)ncc1-c1ccccc1Br. The molecule has 1 aliphatic carbocycles. The third-order valence-corrected chi connectivity index (χ3v) is 4.89. The summed E-state index contributed by atoms with van der Waals surface area (Å²) in [6.07, 6.45) is 4.07. The molecule has 1 aromatic heterocycles. The lowest BCUT2D eigenvalue weighted by atomic mass is 9.84. The summed E-state index contributed by atoms with van der Waals surface area (Å²) in [4.78, 5) is 21.6. The second-order valence-corrected chi connectivity index (χ2v) is 7.22. The van der Waals surface area contributed by atoms with Crippen LogP contribution >= 0.6 is 15.9 Å². The van der Waals surface area contributed by atoms with Crippen molar-refractivity contribution >= 4 is 21.9 Å². The normalized spacial score (nSPS) is 14.6. The van der Waals surface area contributed by atoms with Crippen LogP contribution in [0.2, 0.25) is 0 Å². The summed E-state index contributed by atoms with van der Waals surface area (Å²) < 4.78 is 5.94. The summed E-state index contributed by atoms with van der Waals surface area (Å²) in [7, 11) is 1.41. The molecule has 0 spiro atoms. The first-order valence-corrected chi connectivity index (χ1v) is 8.45. The van der Waals surface area contributed by atoms with E-state index in [0.29, 0.717) is 11.6 Å². The molecule has 2 aromatic rings. The van der Waals surface area contributed by atoms with Gasteiger partial charge in [-0.3, -0.25) is 4.79 Å². The lowest BCUT2D eigenvalue weighted by molar-refractivity contribution is -0.146. The molecular formula is C18H19BrN2O2. The second kappa shape index (κ2) is 6.04. The smallest absolute Gasteiger partial charge is 0.317 e. The van der Waals surface area contributed by atoms with Crippen molar-refractivity contribution in [1.29, 1.82) is 0 Å². The van der Waals surface area contributed by atoms with Gasteiger partial charge in [0.2, 0.25) is 0 Å². The maximum absolute atomic E-state index is 12.3. The number of halogens is 1. The molecule has 3 rings (SSSR count). The van der Waals surface area contributed by atoms with Crippen LogP contribution in [-0.2, 0) is 14.9 Å². The van der Waals surface area contributed by atoms with Gasteiger partial charge in [0.1, 0.15) is 11.2 Å². The van der Waals surface area contributed by atoms with Gasteiger partial charge in [0.05, 0.1) is 12.8 Å². The molecule has 0 radical (unpaired) electrons. The first-order valence-electron chi connectivity index (χ1n) is 7.66. The zero-order chi connectivity index (χ0) is 16.6. The lowest BCUT2D eigenvalue weighted by Crippen LogP contribution is -2.32. The number of benzene rings is 1. The molecule has 120 valence electrons. The third-order valence-electron chi connectivity index (χ3n) is 4.20. The number of esters is 1. The Morgan fingerprint density at radius 3 is 2.57 bits per heavy atom. The Morgan fingerprint density at radius 1 is 1.26 bits per heavy atom. The topological polar surface area (TPSA) is 52.1 Å². The van der Waals surface area contributed by atoms with Crippen LogP contribution in [0.25, 0.3) is 11.1 Å². The molecule has 0 amide bonds. The molecule has 0 aliphatic heterocycles. The first-order chi connectivity index (χ1) is 10.9. The molecule has 1 aliphatic rings. The van der Waals surface area contributed by atoms with E-state index >= 15 is 0 Å². The van der Waals surface area contributed by atoms with Crippen molar-refractivity contribution in [3.63, 3.8) is 0 Å². The Hall–Kier alpha value is -1.75. The summed E-state index contributed by atoms with van der Waals surface area (Å²) in [5.41, 5.74) is 1.71. The van der Waals surface area contributed by atoms with Crippen molar-refractivity contribution < 1.29 is 9.53 Å². The van der Waals surface area contributed by atoms with Crippen molar-refractivity contribution in [2.75, 3.05) is 7.11 Å². The van der Waals surface area contributed by atoms with Crippen LogP contribution in [0.3, 0.4) is 0 Å². The molecule has 1 heterocycles. The van der Waals surface area contributed by atoms with Crippen LogP contribution in [0.5, 0.6) is 0 Å². The zero-order valence-corrected chi connectivity index (χ0v) is 15.1. The Kier molecular flexibility index (Phi) is 4.23. The highest BCUT2D eigenvalue weighted by atomic mass is 79.9. The minimum Gasteiger partial charge on any atom is -0.468 e. The maximum Gasteiger partial charge on any atom is 0.317 e. The van der Waals surface area contributed by atoms with Crippen LogP contribution < -0.4 is 0 Å². The number of hydrogen-bond acceptors (Lipinski definition) is 4. The van der Waals surface area contributed by atoms with Crippen molar-refractivity contribution in [3.05, 3.63) is 46.5 Å². The summed E-state index contributed by atoms with van der Waals surface area (Å²) in [6, 6.07) is 7.89. The van der Waals surface area contributed by atoms with E-state index < -0.39 is 5.41 Å². The van der Waals surface area contributed by atoms with E-state index in [0.717, 1.165) is 34.3 Å². The van der Waals surface area contributed by atoms with Gasteiger partial charge in [-0.1, -0.05) is 34.1 Å². The largest absolute Gasteiger partial charge is 0.468 e. The summed E-state index contributed by atoms with van der Waals surface area (Å²) >= 11 is 3.58. The number of carbonyl (C=O) groups is 1. The number of methoxy groups -OCH3 is 1. The molecule has 23 heavy (non-hydrogen) atoms. The first kappa shape index (κ1) is 16.1. The van der Waals surface area contributed by atoms with Crippen LogP contribution in [0, 0.1) is 0 Å². The van der Waals surface area contributed by atoms with E-state index in [9.17, 15) is 4.79 Å². The highest BCUT2D eigenvalue weighted by Crippen LogP contribution is 2.41. The van der Waals surface area contributed by atoms with Gasteiger partial charge in [-0.2, -0.15) is 0 Å². The van der Waals surface area contributed by atoms with Gasteiger partial charge >= 0.3 is 5.97 Å². The minimum atomic E-state index is -0.841. The van der Waals surface area contributed by atoms with Gasteiger partial charge in [0, 0.05) is 22.2 Å². The van der Waals surface area contributed by atoms with E-state index in [2.05, 4.69) is 20.9 Å². The molecule has 1 saturated carbocycles. The molecule has 4 nitrogen and oxygen atoms in total. The summed E-state index contributed by atoms with van der Waals surface area (Å²) in [5, 5.41) is 0. The zero-order valence-electron chi connectivity index (χ0n) is 13.5. The van der Waals surface area contributed by atoms with Crippen LogP contribution in [0.15, 0.2) is 34.9 Å². The number of aromatic nitrogens is 2. The molecule has 5 heteroatoms. The van der Waals surface area contributed by atoms with Gasteiger partial charge in [-0.05, 0) is 38.3 Å². The van der Waals surface area contributed by atoms with Crippen molar-refractivity contribution in [2.24, 2.45) is 0 Å². The molecule has 1 fully saturated rings. The van der Waals surface area contributed by atoms with Gasteiger partial charge in [-0.25, -0.2) is 9.97 Å². The van der Waals surface area contributed by atoms with Crippen molar-refractivity contribution in [1.82, 2.24) is 9.97 Å². The highest BCUT2D eigenvalue weighted by molar-refractivity contribution is 9.10. The molecular weight excluding hydrogens is 356 g/mol. The van der Waals surface area contributed by atoms with E-state index in [4.69, 9.17) is 9.72 Å². The van der Waals surface area contributed by atoms with Gasteiger partial charge in [0.15, 0.2) is 0 Å². The van der Waals surface area contributed by atoms with Crippen LogP contribution in [0.1, 0.15) is 44.1 Å². The van der Waals surface area contributed by atoms with Crippen molar-refractivity contribution in [3.8, 4) is 11.1 Å². The molecule has 1 aromatic carbocycles. The van der Waals surface area contributed by atoms with Crippen molar-refractivity contribution in [2.45, 2.75) is 38.0 Å². The molecule has 0 bridgehead atoms. The molecule has 0 atom stereocenters. The third kappa shape index (κ3) is 3.02. The fourth-order valence-electron chi connectivity index (χ4n) is 2.64. The van der Waals surface area contributed by atoms with E-state index in [1.165, 1.54) is 7.11 Å². The summed E-state index contributed by atoms with van der Waals surface area (Å²) in [5.74, 6) is 0.953. The monoisotopic (exact) mass is 374 g/mol. The number of nitrogens with zero attached hydrogens (tertiary/aromatic N) is 2. The highest BCUT2D eigenvalue weighted by Gasteiger charge is 2.37. The average Bonchev–Trinajstić information content (AvgIpc) is 3.39. The molecule has 0 unspecified atom stereocenters. The lowest BCUT2D eigenvalue weighted by Gasteiger charge is -2.24. The Bertz CT molecular complexity index is 754. The van der Waals surface area contributed by atoms with E-state index in [1.807, 2.05) is 44.3 Å². The number of hydrogen-bond donors (Lipinski definition) is 0. The predicted octanol–water partition coefficient (Wildman–Crippen LogP) is 4.23. The van der Waals surface area contributed by atoms with Crippen LogP contribution in [0.4, 0.5) is 0 Å². The van der Waals surface area contributed by atoms with Gasteiger partial charge < -0.3 is 4.74 Å². The van der Waals surface area contributed by atoms with E-state index in [-0.39, 0.29) is 5.97 Å². The Balaban J connectivity index is 2.19. The van der Waals surface area contributed by atoms with Gasteiger partial charge in [-0.15, -0.1) is 0 Å². The Labute approximate surface area is 144 Å². The van der Waals surface area contributed by atoms with Gasteiger partial charge in [0.25, 0.3) is 0 Å². The molecule has 0 saturated heterocycles. The van der Waals surface area contributed by atoms with E-state index in [1.54, 1.807) is 0 Å². The number of ether oxygens (including phenoxy) is 1. The summed E-state index contributed by atoms with van der Waals surface area (Å²) in [6.45, 7) is 3.69. The molecule has 0 N–H and O–H groups in total. The maximum atomic E-state index is 12.3. The Morgan fingerprint density at radius 2 is 1.96 bits per heavy atom. The second-order valence-electron chi connectivity index (χ2n) is 6.36. The standard InChI is InChI=1S/C18H19BrN2O2/c1-18(2,17(22)23-3)15-13(12-6-4-5-7-14(12)19)10-20-16(21-15)11-8-9-11/h4-7,10-11H,8-9H2,1-3H3.